The Kier molecular flexibility index (Phi) is 6.54. The van der Waals surface area contributed by atoms with Crippen molar-refractivity contribution in [3.05, 3.63) is 24.8 Å². The molecule has 16 heavy (non-hydrogen) atoms. The summed E-state index contributed by atoms with van der Waals surface area (Å²) < 4.78 is 0. The lowest BCUT2D eigenvalue weighted by molar-refractivity contribution is 0.361. The van der Waals surface area contributed by atoms with E-state index >= 15 is 0 Å². The van der Waals surface area contributed by atoms with E-state index in [1.54, 1.807) is 0 Å². The van der Waals surface area contributed by atoms with Crippen LogP contribution in [0, 0.1) is 10.8 Å². The molecule has 0 aromatic carbocycles. The minimum absolute atomic E-state index is 0.0288. The topological polar surface area (TPSA) is 0 Å². The highest BCUT2D eigenvalue weighted by Crippen LogP contribution is 2.37. The van der Waals surface area contributed by atoms with Crippen LogP contribution in [-0.2, 0) is 0 Å². The second-order valence-electron chi connectivity index (χ2n) is 5.24. The Balaban J connectivity index is 4.42. The second-order valence-corrected chi connectivity index (χ2v) is 5.55. The number of hydrogen-bond acceptors (Lipinski definition) is 1. The van der Waals surface area contributed by atoms with Gasteiger partial charge in [-0.15, -0.1) is 6.58 Å². The normalized spacial score (nSPS) is 18.5. The monoisotopic (exact) mass is 236 g/mol. The first-order chi connectivity index (χ1) is 7.37. The van der Waals surface area contributed by atoms with Crippen molar-refractivity contribution in [2.24, 2.45) is 10.8 Å². The van der Waals surface area contributed by atoms with Gasteiger partial charge in [0.05, 0.1) is 7.85 Å². The van der Waals surface area contributed by atoms with Crippen molar-refractivity contribution in [1.29, 1.82) is 0 Å². The summed E-state index contributed by atoms with van der Waals surface area (Å²) in [7, 11) is 5.79. The van der Waals surface area contributed by atoms with E-state index in [9.17, 15) is 0 Å². The van der Waals surface area contributed by atoms with E-state index in [4.69, 9.17) is 7.85 Å². The van der Waals surface area contributed by atoms with Crippen LogP contribution in [0.5, 0.6) is 0 Å². The molecule has 0 amide bonds. The van der Waals surface area contributed by atoms with Gasteiger partial charge in [-0.2, -0.15) is 12.6 Å². The van der Waals surface area contributed by atoms with Gasteiger partial charge < -0.3 is 0 Å². The summed E-state index contributed by atoms with van der Waals surface area (Å²) in [6.07, 6.45) is 5.89. The highest BCUT2D eigenvalue weighted by Gasteiger charge is 2.25. The lowest BCUT2D eigenvalue weighted by Crippen LogP contribution is -2.22. The minimum Gasteiger partial charge on any atom is -0.178 e. The predicted octanol–water partition coefficient (Wildman–Crippen LogP) is 4.45. The van der Waals surface area contributed by atoms with Crippen LogP contribution in [-0.4, -0.2) is 13.6 Å². The first-order valence-corrected chi connectivity index (χ1v) is 6.63. The molecule has 90 valence electrons. The van der Waals surface area contributed by atoms with E-state index < -0.39 is 0 Å². The highest BCUT2D eigenvalue weighted by molar-refractivity contribution is 7.80. The molecule has 0 spiro atoms. The SMILES string of the molecule is [B]CC(C)(CS)C(=C)CCC(C)(C=C)CC. The van der Waals surface area contributed by atoms with Crippen molar-refractivity contribution in [3.63, 3.8) is 0 Å². The van der Waals surface area contributed by atoms with Crippen LogP contribution in [0.2, 0.25) is 6.32 Å². The van der Waals surface area contributed by atoms with Gasteiger partial charge in [0.2, 0.25) is 0 Å². The average molecular weight is 236 g/mol. The van der Waals surface area contributed by atoms with Crippen LogP contribution in [0.15, 0.2) is 24.8 Å². The van der Waals surface area contributed by atoms with Gasteiger partial charge in [-0.3, -0.25) is 0 Å². The molecule has 0 saturated carbocycles. The van der Waals surface area contributed by atoms with Crippen molar-refractivity contribution in [1.82, 2.24) is 0 Å². The Morgan fingerprint density at radius 2 is 2.00 bits per heavy atom. The Morgan fingerprint density at radius 3 is 2.31 bits per heavy atom. The van der Waals surface area contributed by atoms with E-state index in [0.717, 1.165) is 25.0 Å². The van der Waals surface area contributed by atoms with Crippen molar-refractivity contribution in [2.45, 2.75) is 46.4 Å². The molecule has 0 aliphatic rings. The summed E-state index contributed by atoms with van der Waals surface area (Å²) >= 11 is 4.37. The zero-order valence-corrected chi connectivity index (χ0v) is 11.9. The molecular formula is C14H25BS. The molecule has 0 N–H and O–H groups in total. The summed E-state index contributed by atoms with van der Waals surface area (Å²) in [5.74, 6) is 0.763. The molecule has 2 heteroatoms. The van der Waals surface area contributed by atoms with Gasteiger partial charge in [0, 0.05) is 0 Å². The van der Waals surface area contributed by atoms with Crippen molar-refractivity contribution in [3.8, 4) is 0 Å². The van der Waals surface area contributed by atoms with Crippen LogP contribution >= 0.6 is 12.6 Å². The zero-order valence-electron chi connectivity index (χ0n) is 11.1. The highest BCUT2D eigenvalue weighted by atomic mass is 32.1. The van der Waals surface area contributed by atoms with Crippen molar-refractivity contribution in [2.75, 3.05) is 5.75 Å². The Bertz CT molecular complexity index is 243. The maximum Gasteiger partial charge on any atom is 0.0665 e. The van der Waals surface area contributed by atoms with Gasteiger partial charge in [-0.05, 0) is 35.8 Å². The number of rotatable bonds is 8. The largest absolute Gasteiger partial charge is 0.178 e. The third kappa shape index (κ3) is 4.05. The zero-order chi connectivity index (χ0) is 12.8. The Hall–Kier alpha value is -0.105. The third-order valence-electron chi connectivity index (χ3n) is 3.95. The van der Waals surface area contributed by atoms with Gasteiger partial charge in [0.1, 0.15) is 0 Å². The van der Waals surface area contributed by atoms with Gasteiger partial charge in [0.25, 0.3) is 0 Å². The Labute approximate surface area is 108 Å². The fraction of sp³-hybridized carbons (Fsp3) is 0.714. The third-order valence-corrected chi connectivity index (χ3v) is 4.65. The number of allylic oxidation sites excluding steroid dienone is 2. The van der Waals surface area contributed by atoms with Crippen LogP contribution < -0.4 is 0 Å². The summed E-state index contributed by atoms with van der Waals surface area (Å²) in [6.45, 7) is 14.7. The molecule has 0 saturated heterocycles. The number of thiol groups is 1. The maximum absolute atomic E-state index is 5.79. The number of hydrogen-bond donors (Lipinski definition) is 1. The Morgan fingerprint density at radius 1 is 1.44 bits per heavy atom. The van der Waals surface area contributed by atoms with E-state index in [0.29, 0.717) is 6.32 Å². The second kappa shape index (κ2) is 6.59. The molecule has 0 aromatic rings. The molecule has 0 fully saturated rings. The van der Waals surface area contributed by atoms with E-state index in [2.05, 4.69) is 52.6 Å². The molecule has 2 unspecified atom stereocenters. The van der Waals surface area contributed by atoms with Gasteiger partial charge in [0.15, 0.2) is 0 Å². The van der Waals surface area contributed by atoms with Crippen LogP contribution in [0.1, 0.15) is 40.0 Å². The quantitative estimate of drug-likeness (QED) is 0.359. The molecule has 0 nitrogen and oxygen atoms in total. The van der Waals surface area contributed by atoms with Crippen LogP contribution in [0.4, 0.5) is 0 Å². The standard InChI is InChI=1S/C14H25BS/c1-6-13(4,7-2)9-8-12(3)14(5,10-15)11-16/h6,16H,1,3,7-11H2,2,4-5H3. The van der Waals surface area contributed by atoms with E-state index in [1.807, 2.05) is 0 Å². The summed E-state index contributed by atoms with van der Waals surface area (Å²) in [5.41, 5.74) is 1.40. The molecule has 0 heterocycles. The minimum atomic E-state index is -0.0288. The lowest BCUT2D eigenvalue weighted by atomic mass is 9.71. The molecule has 0 aliphatic heterocycles. The van der Waals surface area contributed by atoms with E-state index in [1.165, 1.54) is 5.57 Å². The van der Waals surface area contributed by atoms with Crippen molar-refractivity contribution >= 4 is 20.5 Å². The average Bonchev–Trinajstić information content (AvgIpc) is 2.34. The van der Waals surface area contributed by atoms with Gasteiger partial charge in [-0.1, -0.05) is 45.3 Å². The van der Waals surface area contributed by atoms with Crippen LogP contribution in [0.25, 0.3) is 0 Å². The summed E-state index contributed by atoms with van der Waals surface area (Å²) in [6, 6.07) is 0. The fourth-order valence-electron chi connectivity index (χ4n) is 1.48. The molecule has 0 aromatic heterocycles. The molecule has 0 rings (SSSR count). The smallest absolute Gasteiger partial charge is 0.0665 e. The molecule has 0 bridgehead atoms. The van der Waals surface area contributed by atoms with Gasteiger partial charge in [-0.25, -0.2) is 0 Å². The molecule has 2 atom stereocenters. The fourth-order valence-corrected chi connectivity index (χ4v) is 1.83. The molecular weight excluding hydrogens is 211 g/mol. The summed E-state index contributed by atoms with van der Waals surface area (Å²) in [4.78, 5) is 0. The van der Waals surface area contributed by atoms with Crippen LogP contribution in [0.3, 0.4) is 0 Å². The first kappa shape index (κ1) is 15.9. The molecule has 0 aliphatic carbocycles. The van der Waals surface area contributed by atoms with Crippen molar-refractivity contribution < 1.29 is 0 Å². The predicted molar refractivity (Wildman–Crippen MR) is 79.5 cm³/mol. The first-order valence-electron chi connectivity index (χ1n) is 6.00. The lowest BCUT2D eigenvalue weighted by Gasteiger charge is -2.32. The maximum atomic E-state index is 5.79. The summed E-state index contributed by atoms with van der Waals surface area (Å²) in [5, 5.41) is 0. The van der Waals surface area contributed by atoms with Gasteiger partial charge >= 0.3 is 0 Å². The molecule has 2 radical (unpaired) electrons. The van der Waals surface area contributed by atoms with E-state index in [-0.39, 0.29) is 10.8 Å².